The Morgan fingerprint density at radius 1 is 1.10 bits per heavy atom. The largest absolute Gasteiger partial charge is 0.310 e. The zero-order valence-corrected chi connectivity index (χ0v) is 12.5. The van der Waals surface area contributed by atoms with Crippen LogP contribution in [0.5, 0.6) is 0 Å². The molecule has 0 saturated carbocycles. The van der Waals surface area contributed by atoms with Crippen LogP contribution in [0.15, 0.2) is 24.3 Å². The molecule has 0 radical (unpaired) electrons. The molecule has 21 heavy (non-hydrogen) atoms. The quantitative estimate of drug-likeness (QED) is 0.914. The van der Waals surface area contributed by atoms with E-state index in [1.54, 1.807) is 12.1 Å². The number of halogens is 1. The highest BCUT2D eigenvalue weighted by Gasteiger charge is 2.21. The van der Waals surface area contributed by atoms with Gasteiger partial charge in [-0.3, -0.25) is 0 Å². The molecule has 2 aromatic rings. The summed E-state index contributed by atoms with van der Waals surface area (Å²) < 4.78 is 13.9. The maximum Gasteiger partial charge on any atom is 0.162 e. The Morgan fingerprint density at radius 3 is 2.43 bits per heavy atom. The van der Waals surface area contributed by atoms with Gasteiger partial charge in [0.2, 0.25) is 0 Å². The molecule has 1 fully saturated rings. The molecule has 1 unspecified atom stereocenters. The second-order valence-corrected chi connectivity index (χ2v) is 5.61. The molecule has 110 valence electrons. The molecule has 0 aliphatic carbocycles. The van der Waals surface area contributed by atoms with Gasteiger partial charge in [0.05, 0.1) is 5.56 Å². The molecule has 1 N–H and O–H groups in total. The number of piperidine rings is 1. The maximum absolute atomic E-state index is 13.9. The number of aryl methyl sites for hydroxylation is 2. The zero-order chi connectivity index (χ0) is 14.8. The Bertz CT molecular complexity index is 625. The molecule has 0 amide bonds. The lowest BCUT2D eigenvalue weighted by molar-refractivity contribution is 0.407. The summed E-state index contributed by atoms with van der Waals surface area (Å²) in [7, 11) is 0. The van der Waals surface area contributed by atoms with E-state index in [1.807, 2.05) is 19.9 Å². The lowest BCUT2D eigenvalue weighted by Gasteiger charge is -2.26. The zero-order valence-electron chi connectivity index (χ0n) is 12.5. The minimum absolute atomic E-state index is 0.278. The minimum Gasteiger partial charge on any atom is -0.310 e. The van der Waals surface area contributed by atoms with Gasteiger partial charge in [-0.2, -0.15) is 0 Å². The SMILES string of the molecule is Cc1nc(-c2ccccc2F)nc(C)c1C1CCCCN1. The van der Waals surface area contributed by atoms with Crippen molar-refractivity contribution in [2.24, 2.45) is 0 Å². The van der Waals surface area contributed by atoms with Gasteiger partial charge in [0, 0.05) is 23.0 Å². The van der Waals surface area contributed by atoms with Gasteiger partial charge in [-0.25, -0.2) is 14.4 Å². The number of nitrogens with zero attached hydrogens (tertiary/aromatic N) is 2. The van der Waals surface area contributed by atoms with Crippen LogP contribution in [0.2, 0.25) is 0 Å². The molecule has 1 atom stereocenters. The standard InChI is InChI=1S/C17H20FN3/c1-11-16(15-9-5-6-10-19-15)12(2)21-17(20-11)13-7-3-4-8-14(13)18/h3-4,7-8,15,19H,5-6,9-10H2,1-2H3. The van der Waals surface area contributed by atoms with Gasteiger partial charge in [-0.05, 0) is 45.4 Å². The number of rotatable bonds is 2. The van der Waals surface area contributed by atoms with Crippen LogP contribution < -0.4 is 5.32 Å². The van der Waals surface area contributed by atoms with E-state index >= 15 is 0 Å². The number of hydrogen-bond acceptors (Lipinski definition) is 3. The summed E-state index contributed by atoms with van der Waals surface area (Å²) in [4.78, 5) is 9.10. The topological polar surface area (TPSA) is 37.8 Å². The number of hydrogen-bond donors (Lipinski definition) is 1. The van der Waals surface area contributed by atoms with E-state index in [-0.39, 0.29) is 5.82 Å². The van der Waals surface area contributed by atoms with E-state index in [4.69, 9.17) is 0 Å². The first-order valence-electron chi connectivity index (χ1n) is 7.50. The summed E-state index contributed by atoms with van der Waals surface area (Å²) in [6, 6.07) is 6.98. The van der Waals surface area contributed by atoms with Gasteiger partial charge in [0.15, 0.2) is 5.82 Å². The fourth-order valence-corrected chi connectivity index (χ4v) is 3.09. The molecule has 4 heteroatoms. The predicted octanol–water partition coefficient (Wildman–Crippen LogP) is 3.71. The molecule has 1 aliphatic heterocycles. The Morgan fingerprint density at radius 2 is 1.81 bits per heavy atom. The van der Waals surface area contributed by atoms with Crippen molar-refractivity contribution in [3.05, 3.63) is 47.0 Å². The van der Waals surface area contributed by atoms with Crippen LogP contribution in [-0.2, 0) is 0 Å². The van der Waals surface area contributed by atoms with Gasteiger partial charge in [-0.15, -0.1) is 0 Å². The molecule has 0 bridgehead atoms. The third kappa shape index (κ3) is 2.81. The van der Waals surface area contributed by atoms with Crippen molar-refractivity contribution in [1.82, 2.24) is 15.3 Å². The predicted molar refractivity (Wildman–Crippen MR) is 81.5 cm³/mol. The lowest BCUT2D eigenvalue weighted by Crippen LogP contribution is -2.28. The van der Waals surface area contributed by atoms with E-state index in [9.17, 15) is 4.39 Å². The average molecular weight is 285 g/mol. The van der Waals surface area contributed by atoms with Crippen molar-refractivity contribution in [2.75, 3.05) is 6.54 Å². The summed E-state index contributed by atoms with van der Waals surface area (Å²) in [6.45, 7) is 5.02. The number of benzene rings is 1. The van der Waals surface area contributed by atoms with Crippen molar-refractivity contribution in [3.63, 3.8) is 0 Å². The fourth-order valence-electron chi connectivity index (χ4n) is 3.09. The van der Waals surface area contributed by atoms with Gasteiger partial charge in [0.25, 0.3) is 0 Å². The molecule has 1 aromatic carbocycles. The van der Waals surface area contributed by atoms with E-state index in [1.165, 1.54) is 24.5 Å². The van der Waals surface area contributed by atoms with E-state index in [0.29, 0.717) is 17.4 Å². The van der Waals surface area contributed by atoms with Gasteiger partial charge in [-0.1, -0.05) is 18.6 Å². The average Bonchev–Trinajstić information content (AvgIpc) is 2.48. The van der Waals surface area contributed by atoms with Gasteiger partial charge >= 0.3 is 0 Å². The second kappa shape index (κ2) is 5.90. The van der Waals surface area contributed by atoms with Crippen LogP contribution in [0.1, 0.15) is 42.3 Å². The molecule has 2 heterocycles. The first kappa shape index (κ1) is 14.1. The fraction of sp³-hybridized carbons (Fsp3) is 0.412. The molecule has 1 aliphatic rings. The highest BCUT2D eigenvalue weighted by atomic mass is 19.1. The summed E-state index contributed by atoms with van der Waals surface area (Å²) in [5.74, 6) is 0.197. The van der Waals surface area contributed by atoms with Crippen LogP contribution >= 0.6 is 0 Å². The summed E-state index contributed by atoms with van der Waals surface area (Å²) in [5, 5.41) is 3.53. The van der Waals surface area contributed by atoms with Crippen molar-refractivity contribution in [1.29, 1.82) is 0 Å². The number of nitrogens with one attached hydrogen (secondary N) is 1. The summed E-state index contributed by atoms with van der Waals surface area (Å²) >= 11 is 0. The van der Waals surface area contributed by atoms with Crippen LogP contribution in [0.3, 0.4) is 0 Å². The number of aromatic nitrogens is 2. The Labute approximate surface area is 124 Å². The lowest BCUT2D eigenvalue weighted by atomic mass is 9.95. The van der Waals surface area contributed by atoms with Crippen molar-refractivity contribution in [3.8, 4) is 11.4 Å². The van der Waals surface area contributed by atoms with Crippen LogP contribution in [0, 0.1) is 19.7 Å². The van der Waals surface area contributed by atoms with Crippen LogP contribution in [0.4, 0.5) is 4.39 Å². The van der Waals surface area contributed by atoms with Gasteiger partial charge < -0.3 is 5.32 Å². The Balaban J connectivity index is 2.02. The molecule has 3 rings (SSSR count). The normalized spacial score (nSPS) is 18.7. The monoisotopic (exact) mass is 285 g/mol. The van der Waals surface area contributed by atoms with Crippen molar-refractivity contribution >= 4 is 0 Å². The first-order chi connectivity index (χ1) is 10.2. The van der Waals surface area contributed by atoms with Crippen LogP contribution in [-0.4, -0.2) is 16.5 Å². The molecular formula is C17H20FN3. The summed E-state index contributed by atoms with van der Waals surface area (Å²) in [5.41, 5.74) is 3.53. The second-order valence-electron chi connectivity index (χ2n) is 5.61. The third-order valence-corrected chi connectivity index (χ3v) is 4.10. The Hall–Kier alpha value is -1.81. The molecule has 0 spiro atoms. The smallest absolute Gasteiger partial charge is 0.162 e. The first-order valence-corrected chi connectivity index (χ1v) is 7.50. The van der Waals surface area contributed by atoms with E-state index in [2.05, 4.69) is 15.3 Å². The molecular weight excluding hydrogens is 265 g/mol. The maximum atomic E-state index is 13.9. The minimum atomic E-state index is -0.278. The van der Waals surface area contributed by atoms with E-state index in [0.717, 1.165) is 24.4 Å². The molecule has 3 nitrogen and oxygen atoms in total. The Kier molecular flexibility index (Phi) is 3.97. The van der Waals surface area contributed by atoms with Crippen molar-refractivity contribution in [2.45, 2.75) is 39.2 Å². The van der Waals surface area contributed by atoms with E-state index < -0.39 is 0 Å². The molecule has 1 aromatic heterocycles. The van der Waals surface area contributed by atoms with Gasteiger partial charge in [0.1, 0.15) is 5.82 Å². The summed E-state index contributed by atoms with van der Waals surface area (Å²) in [6.07, 6.45) is 3.57. The van der Waals surface area contributed by atoms with Crippen molar-refractivity contribution < 1.29 is 4.39 Å². The highest BCUT2D eigenvalue weighted by Crippen LogP contribution is 2.29. The van der Waals surface area contributed by atoms with Crippen LogP contribution in [0.25, 0.3) is 11.4 Å². The third-order valence-electron chi connectivity index (χ3n) is 4.10. The highest BCUT2D eigenvalue weighted by molar-refractivity contribution is 5.56. The molecule has 1 saturated heterocycles.